The molecule has 236 valence electrons. The number of rotatable bonds is 12. The number of pyridine rings is 1. The summed E-state index contributed by atoms with van der Waals surface area (Å²) in [6, 6.07) is 5.31. The molecule has 13 nitrogen and oxygen atoms in total. The Morgan fingerprint density at radius 2 is 1.80 bits per heavy atom. The molecular formula is C30H40N8O5S. The molecule has 0 aliphatic carbocycles. The van der Waals surface area contributed by atoms with Crippen LogP contribution in [-0.2, 0) is 9.59 Å². The van der Waals surface area contributed by atoms with Crippen LogP contribution in [0.15, 0.2) is 35.0 Å². The highest BCUT2D eigenvalue weighted by Gasteiger charge is 2.26. The molecule has 0 atom stereocenters. The van der Waals surface area contributed by atoms with Crippen molar-refractivity contribution in [2.75, 3.05) is 49.5 Å². The molecule has 44 heavy (non-hydrogen) atoms. The number of nitrogens with two attached hydrogens (primary N) is 1. The molecule has 2 aromatic heterocycles. The predicted octanol–water partition coefficient (Wildman–Crippen LogP) is 3.42. The number of aliphatic imine (C=N–C) groups is 1. The number of piperidine rings is 1. The quantitative estimate of drug-likeness (QED) is 0.223. The van der Waals surface area contributed by atoms with Gasteiger partial charge in [0.15, 0.2) is 0 Å². The summed E-state index contributed by atoms with van der Waals surface area (Å²) in [6.45, 7) is 7.15. The van der Waals surface area contributed by atoms with Crippen molar-refractivity contribution in [2.45, 2.75) is 46.0 Å². The second kappa shape index (κ2) is 15.3. The van der Waals surface area contributed by atoms with Gasteiger partial charge in [0.05, 0.1) is 27.3 Å². The molecular weight excluding hydrogens is 584 g/mol. The number of hydrogen-bond acceptors (Lipinski definition) is 9. The highest BCUT2D eigenvalue weighted by atomic mass is 32.1. The van der Waals surface area contributed by atoms with Crippen LogP contribution in [0, 0.1) is 5.92 Å². The standard InChI is InChI=1S/C30H40N8O5S/c1-3-11-38(12-4-2)29(41)20-15-23-22(36-25(31)16-20)17-24(44-23)28(40)35-21-5-6-26(34-18-21)37-13-7-19(8-14-37)27(39)32-9-10-33-30(42)43/h5-6,15,17-19,33H,3-4,7-14,16H2,1-2H3,(H2,31,36)(H,32,39)(H,35,40)(H,42,43). The Labute approximate surface area is 260 Å². The maximum absolute atomic E-state index is 13.2. The van der Waals surface area contributed by atoms with Crippen LogP contribution in [0.2, 0.25) is 0 Å². The topological polar surface area (TPSA) is 182 Å². The maximum Gasteiger partial charge on any atom is 0.404 e. The van der Waals surface area contributed by atoms with E-state index in [0.717, 1.165) is 23.5 Å². The fourth-order valence-electron chi connectivity index (χ4n) is 5.20. The predicted molar refractivity (Wildman–Crippen MR) is 172 cm³/mol. The number of carbonyl (C=O) groups is 4. The third-order valence-electron chi connectivity index (χ3n) is 7.35. The van der Waals surface area contributed by atoms with Crippen LogP contribution < -0.4 is 26.6 Å². The van der Waals surface area contributed by atoms with Crippen molar-refractivity contribution >= 4 is 64.3 Å². The van der Waals surface area contributed by atoms with E-state index in [1.165, 1.54) is 11.3 Å². The number of carbonyl (C=O) groups excluding carboxylic acids is 3. The molecule has 4 rings (SSSR count). The number of hydrogen-bond donors (Lipinski definition) is 5. The number of nitrogens with one attached hydrogen (secondary N) is 3. The van der Waals surface area contributed by atoms with Gasteiger partial charge in [0.25, 0.3) is 5.91 Å². The summed E-state index contributed by atoms with van der Waals surface area (Å²) in [5.41, 5.74) is 7.83. The lowest BCUT2D eigenvalue weighted by molar-refractivity contribution is -0.127. The Balaban J connectivity index is 1.34. The number of amidine groups is 1. The molecule has 0 radical (unpaired) electrons. The van der Waals surface area contributed by atoms with Gasteiger partial charge in [0, 0.05) is 57.2 Å². The lowest BCUT2D eigenvalue weighted by atomic mass is 9.96. The van der Waals surface area contributed by atoms with Gasteiger partial charge >= 0.3 is 6.09 Å². The summed E-state index contributed by atoms with van der Waals surface area (Å²) >= 11 is 1.26. The van der Waals surface area contributed by atoms with Gasteiger partial charge in [0.1, 0.15) is 11.7 Å². The molecule has 0 aromatic carbocycles. The van der Waals surface area contributed by atoms with E-state index in [-0.39, 0.29) is 43.1 Å². The Bertz CT molecular complexity index is 1410. The van der Waals surface area contributed by atoms with E-state index in [2.05, 4.69) is 30.8 Å². The van der Waals surface area contributed by atoms with Gasteiger partial charge in [-0.25, -0.2) is 14.8 Å². The molecule has 0 bridgehead atoms. The van der Waals surface area contributed by atoms with Crippen molar-refractivity contribution in [1.82, 2.24) is 20.5 Å². The number of carboxylic acid groups (broad SMARTS) is 1. The zero-order valence-corrected chi connectivity index (χ0v) is 25.9. The number of aromatic nitrogens is 1. The van der Waals surface area contributed by atoms with E-state index < -0.39 is 6.09 Å². The van der Waals surface area contributed by atoms with Crippen molar-refractivity contribution in [1.29, 1.82) is 0 Å². The van der Waals surface area contributed by atoms with Gasteiger partial charge in [-0.3, -0.25) is 14.4 Å². The smallest absolute Gasteiger partial charge is 0.404 e. The van der Waals surface area contributed by atoms with Gasteiger partial charge in [-0.15, -0.1) is 11.3 Å². The molecule has 4 heterocycles. The average Bonchev–Trinajstić information content (AvgIpc) is 3.33. The van der Waals surface area contributed by atoms with E-state index in [1.54, 1.807) is 24.4 Å². The van der Waals surface area contributed by atoms with Crippen molar-refractivity contribution < 1.29 is 24.3 Å². The van der Waals surface area contributed by atoms with Crippen molar-refractivity contribution in [2.24, 2.45) is 16.6 Å². The van der Waals surface area contributed by atoms with Gasteiger partial charge in [-0.1, -0.05) is 13.8 Å². The molecule has 6 N–H and O–H groups in total. The molecule has 2 aliphatic rings. The first kappa shape index (κ1) is 32.5. The Hall–Kier alpha value is -4.46. The first-order valence-corrected chi connectivity index (χ1v) is 15.7. The van der Waals surface area contributed by atoms with Gasteiger partial charge in [-0.2, -0.15) is 0 Å². The molecule has 0 saturated carbocycles. The van der Waals surface area contributed by atoms with Crippen LogP contribution in [0.1, 0.15) is 60.5 Å². The Kier molecular flexibility index (Phi) is 11.3. The second-order valence-electron chi connectivity index (χ2n) is 10.7. The summed E-state index contributed by atoms with van der Waals surface area (Å²) in [5.74, 6) is 0.516. The first-order chi connectivity index (χ1) is 21.2. The molecule has 2 aliphatic heterocycles. The van der Waals surface area contributed by atoms with Crippen molar-refractivity contribution in [3.63, 3.8) is 0 Å². The zero-order valence-electron chi connectivity index (χ0n) is 25.1. The van der Waals surface area contributed by atoms with Gasteiger partial charge in [-0.05, 0) is 50.0 Å². The average molecular weight is 625 g/mol. The van der Waals surface area contributed by atoms with E-state index in [0.29, 0.717) is 66.7 Å². The number of anilines is 2. The minimum absolute atomic E-state index is 0.0525. The minimum atomic E-state index is -1.12. The number of nitrogens with zero attached hydrogens (tertiary/aromatic N) is 4. The Morgan fingerprint density at radius 3 is 2.43 bits per heavy atom. The molecule has 1 fully saturated rings. The summed E-state index contributed by atoms with van der Waals surface area (Å²) < 4.78 is 0. The molecule has 2 aromatic rings. The second-order valence-corrected chi connectivity index (χ2v) is 11.8. The fourth-order valence-corrected chi connectivity index (χ4v) is 6.16. The van der Waals surface area contributed by atoms with Crippen molar-refractivity contribution in [3.05, 3.63) is 39.7 Å². The summed E-state index contributed by atoms with van der Waals surface area (Å²) in [4.78, 5) is 63.3. The van der Waals surface area contributed by atoms with Crippen LogP contribution in [0.3, 0.4) is 0 Å². The van der Waals surface area contributed by atoms with E-state index in [1.807, 2.05) is 24.8 Å². The van der Waals surface area contributed by atoms with Gasteiger partial charge in [0.2, 0.25) is 11.8 Å². The number of amides is 4. The van der Waals surface area contributed by atoms with Crippen LogP contribution >= 0.6 is 11.3 Å². The molecule has 14 heteroatoms. The third-order valence-corrected chi connectivity index (χ3v) is 8.42. The number of fused-ring (bicyclic) bond motifs is 1. The molecule has 4 amide bonds. The van der Waals surface area contributed by atoms with E-state index in [9.17, 15) is 19.2 Å². The first-order valence-electron chi connectivity index (χ1n) is 14.9. The molecule has 0 unspecified atom stereocenters. The summed E-state index contributed by atoms with van der Waals surface area (Å²) in [7, 11) is 0. The maximum atomic E-state index is 13.2. The normalized spacial score (nSPS) is 14.9. The summed E-state index contributed by atoms with van der Waals surface area (Å²) in [5, 5.41) is 16.5. The van der Waals surface area contributed by atoms with Crippen LogP contribution in [0.5, 0.6) is 0 Å². The lowest BCUT2D eigenvalue weighted by Gasteiger charge is -2.32. The lowest BCUT2D eigenvalue weighted by Crippen LogP contribution is -2.42. The minimum Gasteiger partial charge on any atom is -0.465 e. The zero-order chi connectivity index (χ0) is 31.6. The van der Waals surface area contributed by atoms with E-state index in [4.69, 9.17) is 10.8 Å². The molecule has 1 saturated heterocycles. The largest absolute Gasteiger partial charge is 0.465 e. The van der Waals surface area contributed by atoms with Crippen molar-refractivity contribution in [3.8, 4) is 0 Å². The molecule has 0 spiro atoms. The number of thiophene rings is 1. The SMILES string of the molecule is CCCN(CCC)C(=O)C1=Cc2sc(C(=O)Nc3ccc(N4CCC(C(=O)NCCNC(=O)O)CC4)nc3)cc2N=C(N)C1. The summed E-state index contributed by atoms with van der Waals surface area (Å²) in [6.07, 6.45) is 5.59. The van der Waals surface area contributed by atoms with Crippen LogP contribution in [0.25, 0.3) is 6.08 Å². The van der Waals surface area contributed by atoms with Crippen LogP contribution in [-0.4, -0.2) is 83.9 Å². The monoisotopic (exact) mass is 624 g/mol. The Morgan fingerprint density at radius 1 is 1.09 bits per heavy atom. The third kappa shape index (κ3) is 8.56. The fraction of sp³-hybridized carbons (Fsp3) is 0.467. The highest BCUT2D eigenvalue weighted by Crippen LogP contribution is 2.35. The van der Waals surface area contributed by atoms with E-state index >= 15 is 0 Å². The highest BCUT2D eigenvalue weighted by molar-refractivity contribution is 7.15. The van der Waals surface area contributed by atoms with Crippen LogP contribution in [0.4, 0.5) is 22.0 Å². The van der Waals surface area contributed by atoms with Gasteiger partial charge < -0.3 is 36.6 Å².